The average molecular weight is 450 g/mol. The summed E-state index contributed by atoms with van der Waals surface area (Å²) in [6.45, 7) is 0. The fraction of sp³-hybridized carbons (Fsp3) is 0.105. The minimum Gasteiger partial charge on any atom is -0.496 e. The molecule has 0 atom stereocenters. The van der Waals surface area contributed by atoms with Gasteiger partial charge < -0.3 is 9.15 Å². The van der Waals surface area contributed by atoms with E-state index in [-0.39, 0.29) is 22.9 Å². The molecule has 0 aliphatic carbocycles. The normalized spacial score (nSPS) is 11.5. The lowest BCUT2D eigenvalue weighted by Crippen LogP contribution is -2.06. The highest BCUT2D eigenvalue weighted by atomic mass is 19.4. The number of hydrazone groups is 1. The van der Waals surface area contributed by atoms with Gasteiger partial charge in [-0.05, 0) is 30.3 Å². The predicted octanol–water partition coefficient (Wildman–Crippen LogP) is 5.24. The minimum atomic E-state index is -4.73. The van der Waals surface area contributed by atoms with Crippen molar-refractivity contribution in [2.45, 2.75) is 6.18 Å². The molecule has 0 amide bonds. The number of methoxy groups -OCH3 is 1. The van der Waals surface area contributed by atoms with Gasteiger partial charge in [-0.3, -0.25) is 25.7 Å². The fourth-order valence-electron chi connectivity index (χ4n) is 2.69. The molecule has 10 nitrogen and oxygen atoms in total. The van der Waals surface area contributed by atoms with Crippen LogP contribution in [0.3, 0.4) is 0 Å². The third kappa shape index (κ3) is 4.83. The van der Waals surface area contributed by atoms with E-state index in [2.05, 4.69) is 10.5 Å². The minimum absolute atomic E-state index is 0.163. The summed E-state index contributed by atoms with van der Waals surface area (Å²) in [5.74, 6) is 0.718. The van der Waals surface area contributed by atoms with E-state index in [4.69, 9.17) is 9.15 Å². The van der Waals surface area contributed by atoms with Crippen molar-refractivity contribution < 1.29 is 32.2 Å². The predicted molar refractivity (Wildman–Crippen MR) is 107 cm³/mol. The Labute approximate surface area is 177 Å². The molecule has 0 bridgehead atoms. The number of nitrogens with zero attached hydrogens (tertiary/aromatic N) is 3. The molecule has 13 heteroatoms. The summed E-state index contributed by atoms with van der Waals surface area (Å²) in [5, 5.41) is 25.9. The maximum absolute atomic E-state index is 12.8. The summed E-state index contributed by atoms with van der Waals surface area (Å²) in [5.41, 5.74) is 0.208. The van der Waals surface area contributed by atoms with Crippen LogP contribution in [-0.4, -0.2) is 23.2 Å². The number of furan rings is 1. The third-order valence-corrected chi connectivity index (χ3v) is 4.18. The highest BCUT2D eigenvalue weighted by Crippen LogP contribution is 2.36. The molecule has 1 aromatic heterocycles. The Morgan fingerprint density at radius 2 is 1.81 bits per heavy atom. The highest BCUT2D eigenvalue weighted by molar-refractivity contribution is 5.79. The molecule has 0 saturated heterocycles. The van der Waals surface area contributed by atoms with Crippen LogP contribution in [0.25, 0.3) is 11.3 Å². The number of rotatable bonds is 7. The Morgan fingerprint density at radius 1 is 1.06 bits per heavy atom. The van der Waals surface area contributed by atoms with Crippen LogP contribution in [0.15, 0.2) is 58.0 Å². The van der Waals surface area contributed by atoms with E-state index in [0.29, 0.717) is 23.4 Å². The second-order valence-corrected chi connectivity index (χ2v) is 6.20. The van der Waals surface area contributed by atoms with Crippen LogP contribution in [0.5, 0.6) is 5.75 Å². The second kappa shape index (κ2) is 8.75. The summed E-state index contributed by atoms with van der Waals surface area (Å²) in [6, 6.07) is 8.90. The Morgan fingerprint density at radius 3 is 2.44 bits per heavy atom. The lowest BCUT2D eigenvalue weighted by molar-refractivity contribution is -0.384. The lowest BCUT2D eigenvalue weighted by atomic mass is 10.1. The van der Waals surface area contributed by atoms with Gasteiger partial charge >= 0.3 is 6.18 Å². The van der Waals surface area contributed by atoms with Crippen LogP contribution in [0.4, 0.5) is 30.2 Å². The van der Waals surface area contributed by atoms with E-state index < -0.39 is 27.3 Å². The summed E-state index contributed by atoms with van der Waals surface area (Å²) in [7, 11) is 1.39. The fourth-order valence-corrected chi connectivity index (χ4v) is 2.69. The molecule has 0 unspecified atom stereocenters. The number of halogens is 3. The SMILES string of the molecule is COc1ccc([N+](=O)[O-])cc1-c1ccc(/C=N\Nc2ccc(C(F)(F)F)cc2[N+](=O)[O-])o1. The van der Waals surface area contributed by atoms with Crippen molar-refractivity contribution in [2.75, 3.05) is 12.5 Å². The van der Waals surface area contributed by atoms with Crippen molar-refractivity contribution in [1.29, 1.82) is 0 Å². The lowest BCUT2D eigenvalue weighted by Gasteiger charge is -2.08. The van der Waals surface area contributed by atoms with Crippen LogP contribution in [-0.2, 0) is 6.18 Å². The molecule has 0 fully saturated rings. The monoisotopic (exact) mass is 450 g/mol. The molecule has 166 valence electrons. The average Bonchev–Trinajstić information content (AvgIpc) is 3.21. The largest absolute Gasteiger partial charge is 0.496 e. The smallest absolute Gasteiger partial charge is 0.416 e. The summed E-state index contributed by atoms with van der Waals surface area (Å²) >= 11 is 0. The zero-order valence-corrected chi connectivity index (χ0v) is 16.1. The standard InChI is InChI=1S/C19H13F3N4O6/c1-31-17-6-3-12(25(27)28)9-14(17)18-7-4-13(32-18)10-23-24-15-5-2-11(19(20,21)22)8-16(15)26(29)30/h2-10,24H,1H3/b23-10-. The maximum atomic E-state index is 12.8. The van der Waals surface area contributed by atoms with Crippen LogP contribution < -0.4 is 10.2 Å². The summed E-state index contributed by atoms with van der Waals surface area (Å²) in [4.78, 5) is 20.6. The van der Waals surface area contributed by atoms with Gasteiger partial charge in [0.1, 0.15) is 23.0 Å². The van der Waals surface area contributed by atoms with E-state index in [1.54, 1.807) is 0 Å². The molecule has 32 heavy (non-hydrogen) atoms. The number of nitro groups is 2. The first kappa shape index (κ1) is 22.3. The van der Waals surface area contributed by atoms with E-state index in [0.717, 1.165) is 12.3 Å². The van der Waals surface area contributed by atoms with Crippen molar-refractivity contribution in [2.24, 2.45) is 5.10 Å². The van der Waals surface area contributed by atoms with Gasteiger partial charge in [-0.25, -0.2) is 0 Å². The molecule has 0 aliphatic rings. The molecule has 3 rings (SSSR count). The molecular weight excluding hydrogens is 437 g/mol. The maximum Gasteiger partial charge on any atom is 0.416 e. The molecular formula is C19H13F3N4O6. The van der Waals surface area contributed by atoms with Gasteiger partial charge in [0.05, 0.1) is 34.3 Å². The number of non-ortho nitro benzene ring substituents is 1. The first-order valence-electron chi connectivity index (χ1n) is 8.67. The molecule has 0 radical (unpaired) electrons. The van der Waals surface area contributed by atoms with E-state index in [1.807, 2.05) is 0 Å². The van der Waals surface area contributed by atoms with Crippen LogP contribution in [0.2, 0.25) is 0 Å². The van der Waals surface area contributed by atoms with Gasteiger partial charge in [0.2, 0.25) is 0 Å². The molecule has 0 saturated carbocycles. The van der Waals surface area contributed by atoms with E-state index >= 15 is 0 Å². The van der Waals surface area contributed by atoms with Crippen LogP contribution in [0, 0.1) is 20.2 Å². The zero-order valence-electron chi connectivity index (χ0n) is 16.1. The van der Waals surface area contributed by atoms with Gasteiger partial charge in [0.15, 0.2) is 0 Å². The number of alkyl halides is 3. The number of hydrogen-bond acceptors (Lipinski definition) is 8. The van der Waals surface area contributed by atoms with Crippen molar-refractivity contribution >= 4 is 23.3 Å². The van der Waals surface area contributed by atoms with E-state index in [9.17, 15) is 33.4 Å². The number of ether oxygens (including phenoxy) is 1. The number of nitro benzene ring substituents is 2. The first-order chi connectivity index (χ1) is 15.1. The zero-order chi connectivity index (χ0) is 23.5. The molecule has 0 aliphatic heterocycles. The van der Waals surface area contributed by atoms with Gasteiger partial charge in [-0.2, -0.15) is 18.3 Å². The van der Waals surface area contributed by atoms with Gasteiger partial charge in [0.25, 0.3) is 11.4 Å². The van der Waals surface area contributed by atoms with Crippen LogP contribution in [0.1, 0.15) is 11.3 Å². The number of nitrogens with one attached hydrogen (secondary N) is 1. The summed E-state index contributed by atoms with van der Waals surface area (Å²) in [6.07, 6.45) is -3.60. The molecule has 0 spiro atoms. The Kier molecular flexibility index (Phi) is 6.09. The number of hydrogen-bond donors (Lipinski definition) is 1. The Balaban J connectivity index is 1.83. The quantitative estimate of drug-likeness (QED) is 0.296. The third-order valence-electron chi connectivity index (χ3n) is 4.18. The van der Waals surface area contributed by atoms with Crippen molar-refractivity contribution in [3.05, 3.63) is 80.1 Å². The van der Waals surface area contributed by atoms with Crippen molar-refractivity contribution in [3.63, 3.8) is 0 Å². The molecule has 3 aromatic rings. The highest BCUT2D eigenvalue weighted by Gasteiger charge is 2.33. The number of benzene rings is 2. The van der Waals surface area contributed by atoms with Crippen LogP contribution >= 0.6 is 0 Å². The van der Waals surface area contributed by atoms with Gasteiger partial charge in [-0.15, -0.1) is 0 Å². The Bertz CT molecular complexity index is 1210. The molecule has 1 N–H and O–H groups in total. The number of anilines is 1. The van der Waals surface area contributed by atoms with Gasteiger partial charge in [0, 0.05) is 18.2 Å². The van der Waals surface area contributed by atoms with E-state index in [1.165, 1.54) is 37.4 Å². The second-order valence-electron chi connectivity index (χ2n) is 6.20. The molecule has 2 aromatic carbocycles. The Hall–Kier alpha value is -4.42. The summed E-state index contributed by atoms with van der Waals surface area (Å²) < 4.78 is 49.0. The van der Waals surface area contributed by atoms with Crippen molar-refractivity contribution in [3.8, 4) is 17.1 Å². The van der Waals surface area contributed by atoms with Gasteiger partial charge in [-0.1, -0.05) is 0 Å². The molecule has 1 heterocycles. The first-order valence-corrected chi connectivity index (χ1v) is 8.67. The topological polar surface area (TPSA) is 133 Å². The van der Waals surface area contributed by atoms with Crippen molar-refractivity contribution in [1.82, 2.24) is 0 Å².